The lowest BCUT2D eigenvalue weighted by Gasteiger charge is -2.20. The highest BCUT2D eigenvalue weighted by Crippen LogP contribution is 2.19. The molecule has 0 atom stereocenters. The van der Waals surface area contributed by atoms with Crippen LogP contribution in [0.5, 0.6) is 0 Å². The Morgan fingerprint density at radius 2 is 1.82 bits per heavy atom. The Bertz CT molecular complexity index is 294. The van der Waals surface area contributed by atoms with Crippen LogP contribution >= 0.6 is 11.5 Å². The molecular weight excluding hydrogens is 232 g/mol. The molecule has 1 heterocycles. The van der Waals surface area contributed by atoms with Gasteiger partial charge in [-0.15, -0.1) is 5.10 Å². The van der Waals surface area contributed by atoms with Crippen molar-refractivity contribution >= 4 is 16.5 Å². The third-order valence-corrected chi connectivity index (χ3v) is 3.27. The van der Waals surface area contributed by atoms with Crippen molar-refractivity contribution in [2.24, 2.45) is 0 Å². The van der Waals surface area contributed by atoms with Gasteiger partial charge in [0.1, 0.15) is 10.7 Å². The standard InChI is InChI=1S/C12H24N4S/c1-4-7-13-12-11(14-15-17-12)10-16(8-5-2)9-6-3/h13H,4-10H2,1-3H3. The first-order valence-corrected chi connectivity index (χ1v) is 7.36. The number of hydrogen-bond donors (Lipinski definition) is 1. The summed E-state index contributed by atoms with van der Waals surface area (Å²) in [6, 6.07) is 0. The highest BCUT2D eigenvalue weighted by atomic mass is 32.1. The van der Waals surface area contributed by atoms with E-state index in [1.165, 1.54) is 24.4 Å². The van der Waals surface area contributed by atoms with E-state index >= 15 is 0 Å². The van der Waals surface area contributed by atoms with E-state index in [4.69, 9.17) is 0 Å². The highest BCUT2D eigenvalue weighted by Gasteiger charge is 2.11. The third-order valence-electron chi connectivity index (χ3n) is 2.54. The Balaban J connectivity index is 2.55. The summed E-state index contributed by atoms with van der Waals surface area (Å²) < 4.78 is 4.05. The van der Waals surface area contributed by atoms with Crippen molar-refractivity contribution in [3.63, 3.8) is 0 Å². The van der Waals surface area contributed by atoms with E-state index in [9.17, 15) is 0 Å². The van der Waals surface area contributed by atoms with E-state index in [1.54, 1.807) is 0 Å². The molecule has 0 saturated carbocycles. The summed E-state index contributed by atoms with van der Waals surface area (Å²) >= 11 is 1.47. The van der Waals surface area contributed by atoms with Crippen molar-refractivity contribution in [2.45, 2.75) is 46.6 Å². The average Bonchev–Trinajstić information content (AvgIpc) is 2.74. The van der Waals surface area contributed by atoms with Gasteiger partial charge < -0.3 is 5.32 Å². The van der Waals surface area contributed by atoms with Gasteiger partial charge in [0, 0.05) is 24.6 Å². The molecule has 0 unspecified atom stereocenters. The van der Waals surface area contributed by atoms with Gasteiger partial charge in [0.2, 0.25) is 0 Å². The molecule has 17 heavy (non-hydrogen) atoms. The van der Waals surface area contributed by atoms with Crippen LogP contribution < -0.4 is 5.32 Å². The molecule has 0 radical (unpaired) electrons. The number of rotatable bonds is 9. The lowest BCUT2D eigenvalue weighted by Crippen LogP contribution is -2.25. The van der Waals surface area contributed by atoms with Gasteiger partial charge in [-0.05, 0) is 32.4 Å². The lowest BCUT2D eigenvalue weighted by atomic mass is 10.3. The summed E-state index contributed by atoms with van der Waals surface area (Å²) in [7, 11) is 0. The van der Waals surface area contributed by atoms with Crippen molar-refractivity contribution in [1.82, 2.24) is 14.5 Å². The molecule has 0 fully saturated rings. The second-order valence-electron chi connectivity index (χ2n) is 4.25. The molecule has 0 bridgehead atoms. The summed E-state index contributed by atoms with van der Waals surface area (Å²) in [5, 5.41) is 8.78. The zero-order chi connectivity index (χ0) is 12.5. The van der Waals surface area contributed by atoms with E-state index in [0.29, 0.717) is 0 Å². The summed E-state index contributed by atoms with van der Waals surface area (Å²) in [5.41, 5.74) is 1.10. The maximum Gasteiger partial charge on any atom is 0.134 e. The largest absolute Gasteiger partial charge is 0.374 e. The summed E-state index contributed by atoms with van der Waals surface area (Å²) in [6.45, 7) is 10.8. The van der Waals surface area contributed by atoms with E-state index in [-0.39, 0.29) is 0 Å². The molecule has 0 spiro atoms. The van der Waals surface area contributed by atoms with Gasteiger partial charge in [-0.3, -0.25) is 4.90 Å². The van der Waals surface area contributed by atoms with Crippen LogP contribution in [0.2, 0.25) is 0 Å². The fourth-order valence-electron chi connectivity index (χ4n) is 1.80. The average molecular weight is 256 g/mol. The van der Waals surface area contributed by atoms with Crippen LogP contribution in [0, 0.1) is 0 Å². The van der Waals surface area contributed by atoms with E-state index in [1.807, 2.05) is 0 Å². The molecule has 0 saturated heterocycles. The van der Waals surface area contributed by atoms with Crippen LogP contribution in [0.4, 0.5) is 5.00 Å². The molecule has 0 aromatic carbocycles. The smallest absolute Gasteiger partial charge is 0.134 e. The molecule has 0 aliphatic carbocycles. The fourth-order valence-corrected chi connectivity index (χ4v) is 2.40. The molecule has 4 nitrogen and oxygen atoms in total. The summed E-state index contributed by atoms with van der Waals surface area (Å²) in [6.07, 6.45) is 3.51. The van der Waals surface area contributed by atoms with Crippen LogP contribution in [0.1, 0.15) is 45.7 Å². The Kier molecular flexibility index (Phi) is 7.12. The lowest BCUT2D eigenvalue weighted by molar-refractivity contribution is 0.264. The Labute approximate surface area is 109 Å². The van der Waals surface area contributed by atoms with Crippen LogP contribution in [0.15, 0.2) is 0 Å². The normalized spacial score (nSPS) is 11.1. The van der Waals surface area contributed by atoms with E-state index in [0.717, 1.165) is 43.3 Å². The Morgan fingerprint density at radius 3 is 2.41 bits per heavy atom. The van der Waals surface area contributed by atoms with Crippen molar-refractivity contribution < 1.29 is 0 Å². The molecule has 0 aliphatic heterocycles. The third kappa shape index (κ3) is 5.00. The maximum absolute atomic E-state index is 4.24. The number of anilines is 1. The minimum absolute atomic E-state index is 0.921. The van der Waals surface area contributed by atoms with Gasteiger partial charge in [-0.2, -0.15) is 0 Å². The van der Waals surface area contributed by atoms with Gasteiger partial charge in [0.15, 0.2) is 0 Å². The predicted molar refractivity (Wildman–Crippen MR) is 74.5 cm³/mol. The second-order valence-corrected chi connectivity index (χ2v) is 5.01. The van der Waals surface area contributed by atoms with E-state index in [2.05, 4.69) is 40.6 Å². The summed E-state index contributed by atoms with van der Waals surface area (Å²) in [5.74, 6) is 0. The molecule has 1 aromatic rings. The first-order chi connectivity index (χ1) is 8.31. The monoisotopic (exact) mass is 256 g/mol. The van der Waals surface area contributed by atoms with Crippen molar-refractivity contribution in [1.29, 1.82) is 0 Å². The highest BCUT2D eigenvalue weighted by molar-refractivity contribution is 7.10. The zero-order valence-electron chi connectivity index (χ0n) is 11.2. The molecule has 1 rings (SSSR count). The molecule has 0 amide bonds. The second kappa shape index (κ2) is 8.42. The molecule has 5 heteroatoms. The van der Waals surface area contributed by atoms with Gasteiger partial charge in [0.25, 0.3) is 0 Å². The molecular formula is C12H24N4S. The molecule has 0 aliphatic rings. The predicted octanol–water partition coefficient (Wildman–Crippen LogP) is 2.98. The minimum atomic E-state index is 0.921. The van der Waals surface area contributed by atoms with Crippen LogP contribution in [0.3, 0.4) is 0 Å². The van der Waals surface area contributed by atoms with Gasteiger partial charge in [0.05, 0.1) is 0 Å². The van der Waals surface area contributed by atoms with Gasteiger partial charge in [-0.25, -0.2) is 0 Å². The number of aromatic nitrogens is 2. The van der Waals surface area contributed by atoms with Gasteiger partial charge in [-0.1, -0.05) is 25.3 Å². The first-order valence-electron chi connectivity index (χ1n) is 6.59. The molecule has 1 aromatic heterocycles. The van der Waals surface area contributed by atoms with Crippen LogP contribution in [-0.4, -0.2) is 34.1 Å². The van der Waals surface area contributed by atoms with Crippen LogP contribution in [-0.2, 0) is 6.54 Å². The fraction of sp³-hybridized carbons (Fsp3) is 0.833. The Morgan fingerprint density at radius 1 is 1.12 bits per heavy atom. The van der Waals surface area contributed by atoms with Crippen molar-refractivity contribution in [3.8, 4) is 0 Å². The van der Waals surface area contributed by atoms with Crippen molar-refractivity contribution in [2.75, 3.05) is 25.0 Å². The topological polar surface area (TPSA) is 41.1 Å². The molecule has 98 valence electrons. The molecule has 1 N–H and O–H groups in total. The van der Waals surface area contributed by atoms with Crippen molar-refractivity contribution in [3.05, 3.63) is 5.69 Å². The quantitative estimate of drug-likeness (QED) is 0.737. The van der Waals surface area contributed by atoms with E-state index < -0.39 is 0 Å². The zero-order valence-corrected chi connectivity index (χ0v) is 12.0. The van der Waals surface area contributed by atoms with Gasteiger partial charge >= 0.3 is 0 Å². The van der Waals surface area contributed by atoms with Crippen LogP contribution in [0.25, 0.3) is 0 Å². The maximum atomic E-state index is 4.24. The summed E-state index contributed by atoms with van der Waals surface area (Å²) in [4.78, 5) is 2.45. The first kappa shape index (κ1) is 14.4. The number of nitrogens with zero attached hydrogens (tertiary/aromatic N) is 3. The minimum Gasteiger partial charge on any atom is -0.374 e. The Hall–Kier alpha value is -0.680. The SMILES string of the molecule is CCCNc1snnc1CN(CCC)CCC. The number of hydrogen-bond acceptors (Lipinski definition) is 5. The number of nitrogens with one attached hydrogen (secondary N) is 1.